The fourth-order valence-corrected chi connectivity index (χ4v) is 3.02. The lowest BCUT2D eigenvalue weighted by molar-refractivity contribution is -0.384. The normalized spacial score (nSPS) is 16.2. The van der Waals surface area contributed by atoms with Gasteiger partial charge in [0.2, 0.25) is 0 Å². The molecule has 1 fully saturated rings. The molecule has 2 heterocycles. The molecule has 1 N–H and O–H groups in total. The highest BCUT2D eigenvalue weighted by Crippen LogP contribution is 2.33. The first-order chi connectivity index (χ1) is 12.3. The first kappa shape index (κ1) is 18.0. The summed E-state index contributed by atoms with van der Waals surface area (Å²) in [5.74, 6) is -0.433. The Kier molecular flexibility index (Phi) is 4.70. The van der Waals surface area contributed by atoms with Crippen molar-refractivity contribution in [1.82, 2.24) is 10.2 Å². The fraction of sp³-hybridized carbons (Fsp3) is 0.0625. The van der Waals surface area contributed by atoms with E-state index in [1.807, 2.05) is 0 Å². The van der Waals surface area contributed by atoms with Crippen LogP contribution in [-0.4, -0.2) is 33.8 Å². The molecule has 0 radical (unpaired) electrons. The van der Waals surface area contributed by atoms with Crippen molar-refractivity contribution in [1.29, 1.82) is 0 Å². The summed E-state index contributed by atoms with van der Waals surface area (Å²) in [6, 6.07) is 7.49. The van der Waals surface area contributed by atoms with Gasteiger partial charge >= 0.3 is 0 Å². The molecule has 1 aromatic heterocycles. The number of nitro benzene ring substituents is 1. The van der Waals surface area contributed by atoms with Crippen LogP contribution in [0.5, 0.6) is 0 Å². The lowest BCUT2D eigenvalue weighted by Crippen LogP contribution is -2.52. The van der Waals surface area contributed by atoms with Crippen LogP contribution in [0.3, 0.4) is 0 Å². The topological polar surface area (TPSA) is 106 Å². The first-order valence-corrected chi connectivity index (χ1v) is 8.37. The van der Waals surface area contributed by atoms with Crippen LogP contribution < -0.4 is 5.32 Å². The third kappa shape index (κ3) is 3.28. The lowest BCUT2D eigenvalue weighted by Gasteiger charge is -2.24. The minimum Gasteiger partial charge on any atom is -0.457 e. The van der Waals surface area contributed by atoms with Crippen molar-refractivity contribution in [2.24, 2.45) is 0 Å². The highest BCUT2D eigenvalue weighted by atomic mass is 79.9. The summed E-state index contributed by atoms with van der Waals surface area (Å²) in [4.78, 5) is 35.6. The zero-order valence-corrected chi connectivity index (χ0v) is 15.6. The number of thiocarbonyl (C=S) groups is 1. The number of hydrogen-bond donors (Lipinski definition) is 1. The zero-order valence-electron chi connectivity index (χ0n) is 13.2. The van der Waals surface area contributed by atoms with Gasteiger partial charge in [0.1, 0.15) is 17.1 Å². The summed E-state index contributed by atoms with van der Waals surface area (Å²) < 4.78 is 6.14. The number of furan rings is 1. The Balaban J connectivity index is 1.93. The Hall–Kier alpha value is -2.85. The maximum atomic E-state index is 12.2. The van der Waals surface area contributed by atoms with Crippen LogP contribution in [-0.2, 0) is 9.59 Å². The second-order valence-electron chi connectivity index (χ2n) is 5.30. The minimum atomic E-state index is -0.604. The highest BCUT2D eigenvalue weighted by molar-refractivity contribution is 9.10. The second kappa shape index (κ2) is 6.81. The number of nitro groups is 1. The van der Waals surface area contributed by atoms with Crippen LogP contribution >= 0.6 is 28.1 Å². The summed E-state index contributed by atoms with van der Waals surface area (Å²) in [5, 5.41) is 13.3. The van der Waals surface area contributed by atoms with E-state index in [2.05, 4.69) is 21.2 Å². The molecular weight excluding hydrogens is 426 g/mol. The Labute approximate surface area is 160 Å². The van der Waals surface area contributed by atoms with E-state index in [-0.39, 0.29) is 22.1 Å². The van der Waals surface area contributed by atoms with Crippen molar-refractivity contribution in [3.05, 3.63) is 56.3 Å². The van der Waals surface area contributed by atoms with Crippen molar-refractivity contribution in [2.45, 2.75) is 0 Å². The molecule has 1 aromatic carbocycles. The molecule has 0 spiro atoms. The van der Waals surface area contributed by atoms with Crippen LogP contribution in [0.15, 0.2) is 44.8 Å². The lowest BCUT2D eigenvalue weighted by atomic mass is 10.1. The summed E-state index contributed by atoms with van der Waals surface area (Å²) >= 11 is 8.15. The summed E-state index contributed by atoms with van der Waals surface area (Å²) in [6.07, 6.45) is 1.32. The molecular formula is C16H10BrN3O5S. The SMILES string of the molecule is CN1C(=O)C(=Cc2ccc(-c3ccc([N+](=O)[O-])cc3Br)o2)C(=O)NC1=S. The maximum absolute atomic E-state index is 12.2. The maximum Gasteiger partial charge on any atom is 0.270 e. The van der Waals surface area contributed by atoms with Gasteiger partial charge in [0.25, 0.3) is 17.5 Å². The predicted octanol–water partition coefficient (Wildman–Crippen LogP) is 2.87. The fourth-order valence-electron chi connectivity index (χ4n) is 2.28. The molecule has 0 atom stereocenters. The van der Waals surface area contributed by atoms with Crippen molar-refractivity contribution in [2.75, 3.05) is 7.05 Å². The van der Waals surface area contributed by atoms with E-state index < -0.39 is 16.7 Å². The number of nitrogens with one attached hydrogen (secondary N) is 1. The van der Waals surface area contributed by atoms with Gasteiger partial charge in [-0.1, -0.05) is 0 Å². The second-order valence-corrected chi connectivity index (χ2v) is 6.55. The number of carbonyl (C=O) groups is 2. The third-order valence-corrected chi connectivity index (χ3v) is 4.68. The summed E-state index contributed by atoms with van der Waals surface area (Å²) in [7, 11) is 1.46. The van der Waals surface area contributed by atoms with Gasteiger partial charge < -0.3 is 4.42 Å². The molecule has 0 unspecified atom stereocenters. The predicted molar refractivity (Wildman–Crippen MR) is 100.0 cm³/mol. The first-order valence-electron chi connectivity index (χ1n) is 7.17. The average Bonchev–Trinajstić information content (AvgIpc) is 3.05. The number of benzene rings is 1. The standard InChI is InChI=1S/C16H10BrN3O5S/c1-19-15(22)11(14(21)18-16(19)26)7-9-3-5-13(25-9)10-4-2-8(20(23)24)6-12(10)17/h2-7H,1H3,(H,18,21,26). The molecule has 26 heavy (non-hydrogen) atoms. The van der Waals surface area contributed by atoms with Crippen LogP contribution in [0, 0.1) is 10.1 Å². The highest BCUT2D eigenvalue weighted by Gasteiger charge is 2.31. The molecule has 3 rings (SSSR count). The van der Waals surface area contributed by atoms with Gasteiger partial charge in [-0.3, -0.25) is 29.9 Å². The smallest absolute Gasteiger partial charge is 0.270 e. The number of hydrogen-bond acceptors (Lipinski definition) is 6. The van der Waals surface area contributed by atoms with Crippen LogP contribution in [0.4, 0.5) is 5.69 Å². The van der Waals surface area contributed by atoms with Gasteiger partial charge in [-0.15, -0.1) is 0 Å². The number of non-ortho nitro benzene ring substituents is 1. The van der Waals surface area contributed by atoms with E-state index in [0.717, 1.165) is 4.90 Å². The summed E-state index contributed by atoms with van der Waals surface area (Å²) in [6.45, 7) is 0. The van der Waals surface area contributed by atoms with Gasteiger partial charge in [-0.2, -0.15) is 0 Å². The van der Waals surface area contributed by atoms with Gasteiger partial charge in [-0.25, -0.2) is 0 Å². The van der Waals surface area contributed by atoms with Crippen LogP contribution in [0.1, 0.15) is 5.76 Å². The van der Waals surface area contributed by atoms with E-state index in [9.17, 15) is 19.7 Å². The summed E-state index contributed by atoms with van der Waals surface area (Å²) in [5.41, 5.74) is 0.431. The molecule has 1 saturated heterocycles. The zero-order chi connectivity index (χ0) is 19.0. The molecule has 8 nitrogen and oxygen atoms in total. The largest absolute Gasteiger partial charge is 0.457 e. The average molecular weight is 436 g/mol. The Morgan fingerprint density at radius 1 is 1.31 bits per heavy atom. The molecule has 2 amide bonds. The molecule has 2 aromatic rings. The Bertz CT molecular complexity index is 998. The number of amides is 2. The van der Waals surface area contributed by atoms with Crippen LogP contribution in [0.2, 0.25) is 0 Å². The van der Waals surface area contributed by atoms with Crippen molar-refractivity contribution >= 4 is 56.8 Å². The quantitative estimate of drug-likeness (QED) is 0.261. The van der Waals surface area contributed by atoms with E-state index in [4.69, 9.17) is 16.6 Å². The van der Waals surface area contributed by atoms with E-state index in [1.165, 1.54) is 25.3 Å². The third-order valence-electron chi connectivity index (χ3n) is 3.65. The molecule has 0 aliphatic carbocycles. The van der Waals surface area contributed by atoms with Crippen LogP contribution in [0.25, 0.3) is 17.4 Å². The van der Waals surface area contributed by atoms with Crippen molar-refractivity contribution in [3.8, 4) is 11.3 Å². The molecule has 1 aliphatic rings. The van der Waals surface area contributed by atoms with Gasteiger partial charge in [-0.05, 0) is 52.4 Å². The number of halogens is 1. The Morgan fingerprint density at radius 2 is 2.04 bits per heavy atom. The molecule has 1 aliphatic heterocycles. The monoisotopic (exact) mass is 435 g/mol. The Morgan fingerprint density at radius 3 is 2.69 bits per heavy atom. The van der Waals surface area contributed by atoms with Crippen molar-refractivity contribution < 1.29 is 18.9 Å². The molecule has 0 saturated carbocycles. The molecule has 0 bridgehead atoms. The number of nitrogens with zero attached hydrogens (tertiary/aromatic N) is 2. The molecule has 132 valence electrons. The van der Waals surface area contributed by atoms with Gasteiger partial charge in [0.05, 0.1) is 4.92 Å². The van der Waals surface area contributed by atoms with Gasteiger partial charge in [0.15, 0.2) is 5.11 Å². The number of carbonyl (C=O) groups excluding carboxylic acids is 2. The van der Waals surface area contributed by atoms with E-state index >= 15 is 0 Å². The van der Waals surface area contributed by atoms with Gasteiger partial charge in [0, 0.05) is 29.2 Å². The number of likely N-dealkylation sites (N-methyl/N-ethyl adjacent to an activating group) is 1. The minimum absolute atomic E-state index is 0.0343. The molecule has 10 heteroatoms. The van der Waals surface area contributed by atoms with E-state index in [0.29, 0.717) is 15.8 Å². The number of rotatable bonds is 3. The van der Waals surface area contributed by atoms with Crippen molar-refractivity contribution in [3.63, 3.8) is 0 Å². The van der Waals surface area contributed by atoms with E-state index in [1.54, 1.807) is 18.2 Å².